The van der Waals surface area contributed by atoms with Gasteiger partial charge >= 0.3 is 0 Å². The minimum atomic E-state index is -0.395. The van der Waals surface area contributed by atoms with Gasteiger partial charge in [0.2, 0.25) is 0 Å². The number of nitro groups is 1. The largest absolute Gasteiger partial charge is 0.313 e. The van der Waals surface area contributed by atoms with E-state index in [0.717, 1.165) is 21.7 Å². The van der Waals surface area contributed by atoms with E-state index in [1.165, 1.54) is 29.0 Å². The van der Waals surface area contributed by atoms with Crippen LogP contribution in [0.25, 0.3) is 11.3 Å². The van der Waals surface area contributed by atoms with Crippen LogP contribution in [-0.4, -0.2) is 9.49 Å². The lowest BCUT2D eigenvalue weighted by Gasteiger charge is -2.06. The summed E-state index contributed by atoms with van der Waals surface area (Å²) in [6.45, 7) is 6.47. The van der Waals surface area contributed by atoms with Gasteiger partial charge in [-0.25, -0.2) is 4.99 Å². The lowest BCUT2D eigenvalue weighted by atomic mass is 10.1. The Morgan fingerprint density at radius 2 is 1.88 bits per heavy atom. The van der Waals surface area contributed by atoms with Crippen LogP contribution in [0.3, 0.4) is 0 Å². The molecule has 0 atom stereocenters. The van der Waals surface area contributed by atoms with E-state index in [4.69, 9.17) is 4.99 Å². The number of benzene rings is 2. The normalized spacial score (nSPS) is 11.5. The standard InChI is InChI=1S/C19H17N3O2S/c1-3-12-21-18(15-6-10-17(11-7-15)22(23)24)13-25-19(21)20-16-8-4-14(2)5-9-16/h3-11,13H,1,12H2,2H3. The molecule has 3 aromatic rings. The molecule has 0 unspecified atom stereocenters. The van der Waals surface area contributed by atoms with Gasteiger partial charge in [-0.05, 0) is 36.8 Å². The molecule has 1 heterocycles. The van der Waals surface area contributed by atoms with Crippen LogP contribution >= 0.6 is 11.3 Å². The van der Waals surface area contributed by atoms with Crippen LogP contribution in [-0.2, 0) is 6.54 Å². The van der Waals surface area contributed by atoms with Crippen molar-refractivity contribution in [2.24, 2.45) is 4.99 Å². The van der Waals surface area contributed by atoms with Crippen LogP contribution in [0.5, 0.6) is 0 Å². The summed E-state index contributed by atoms with van der Waals surface area (Å²) in [5.41, 5.74) is 4.04. The topological polar surface area (TPSA) is 60.4 Å². The van der Waals surface area contributed by atoms with E-state index in [9.17, 15) is 10.1 Å². The predicted octanol–water partition coefficient (Wildman–Crippen LogP) is 4.85. The van der Waals surface area contributed by atoms with E-state index in [0.29, 0.717) is 6.54 Å². The summed E-state index contributed by atoms with van der Waals surface area (Å²) in [7, 11) is 0. The third-order valence-electron chi connectivity index (χ3n) is 3.74. The maximum absolute atomic E-state index is 10.8. The molecular weight excluding hydrogens is 334 g/mol. The lowest BCUT2D eigenvalue weighted by molar-refractivity contribution is -0.384. The van der Waals surface area contributed by atoms with Crippen LogP contribution < -0.4 is 4.80 Å². The van der Waals surface area contributed by atoms with E-state index < -0.39 is 4.92 Å². The molecule has 0 aliphatic rings. The molecule has 2 aromatic carbocycles. The minimum Gasteiger partial charge on any atom is -0.313 e. The van der Waals surface area contributed by atoms with E-state index >= 15 is 0 Å². The van der Waals surface area contributed by atoms with Crippen molar-refractivity contribution in [2.45, 2.75) is 13.5 Å². The second-order valence-electron chi connectivity index (χ2n) is 5.55. The van der Waals surface area contributed by atoms with Gasteiger partial charge in [-0.2, -0.15) is 0 Å². The molecule has 1 aromatic heterocycles. The van der Waals surface area contributed by atoms with Gasteiger partial charge in [0.25, 0.3) is 5.69 Å². The predicted molar refractivity (Wildman–Crippen MR) is 101 cm³/mol. The number of hydrogen-bond acceptors (Lipinski definition) is 4. The molecule has 0 N–H and O–H groups in total. The zero-order valence-electron chi connectivity index (χ0n) is 13.8. The fraction of sp³-hybridized carbons (Fsp3) is 0.105. The average Bonchev–Trinajstić information content (AvgIpc) is 3.00. The average molecular weight is 351 g/mol. The first-order valence-electron chi connectivity index (χ1n) is 7.74. The minimum absolute atomic E-state index is 0.0822. The first kappa shape index (κ1) is 16.9. The highest BCUT2D eigenvalue weighted by molar-refractivity contribution is 7.07. The van der Waals surface area contributed by atoms with Crippen molar-refractivity contribution >= 4 is 22.7 Å². The van der Waals surface area contributed by atoms with Crippen molar-refractivity contribution in [1.82, 2.24) is 4.57 Å². The molecular formula is C19H17N3O2S. The van der Waals surface area contributed by atoms with Gasteiger partial charge in [0.1, 0.15) is 0 Å². The summed E-state index contributed by atoms with van der Waals surface area (Å²) < 4.78 is 2.05. The highest BCUT2D eigenvalue weighted by Gasteiger charge is 2.10. The number of nitrogens with zero attached hydrogens (tertiary/aromatic N) is 3. The Hall–Kier alpha value is -2.99. The van der Waals surface area contributed by atoms with Gasteiger partial charge in [0.15, 0.2) is 4.80 Å². The van der Waals surface area contributed by atoms with Crippen LogP contribution in [0.2, 0.25) is 0 Å². The molecule has 126 valence electrons. The van der Waals surface area contributed by atoms with Crippen molar-refractivity contribution < 1.29 is 4.92 Å². The van der Waals surface area contributed by atoms with Gasteiger partial charge in [0.05, 0.1) is 16.3 Å². The summed E-state index contributed by atoms with van der Waals surface area (Å²) >= 11 is 1.54. The molecule has 25 heavy (non-hydrogen) atoms. The van der Waals surface area contributed by atoms with Gasteiger partial charge in [-0.15, -0.1) is 17.9 Å². The molecule has 3 rings (SSSR count). The van der Waals surface area contributed by atoms with E-state index in [1.807, 2.05) is 42.6 Å². The van der Waals surface area contributed by atoms with Gasteiger partial charge in [0, 0.05) is 24.1 Å². The lowest BCUT2D eigenvalue weighted by Crippen LogP contribution is -2.14. The maximum atomic E-state index is 10.8. The number of hydrogen-bond donors (Lipinski definition) is 0. The highest BCUT2D eigenvalue weighted by atomic mass is 32.1. The Labute approximate surface area is 149 Å². The SMILES string of the molecule is C=CCn1c(-c2ccc([N+](=O)[O-])cc2)csc1=Nc1ccc(C)cc1. The van der Waals surface area contributed by atoms with E-state index in [1.54, 1.807) is 12.1 Å². The summed E-state index contributed by atoms with van der Waals surface area (Å²) in [4.78, 5) is 16.0. The summed E-state index contributed by atoms with van der Waals surface area (Å²) in [6.07, 6.45) is 1.82. The number of thiazole rings is 1. The highest BCUT2D eigenvalue weighted by Crippen LogP contribution is 2.23. The monoisotopic (exact) mass is 351 g/mol. The number of nitro benzene ring substituents is 1. The molecule has 0 saturated carbocycles. The third kappa shape index (κ3) is 3.75. The zero-order valence-corrected chi connectivity index (χ0v) is 14.6. The van der Waals surface area contributed by atoms with Crippen molar-refractivity contribution in [3.63, 3.8) is 0 Å². The fourth-order valence-corrected chi connectivity index (χ4v) is 3.38. The molecule has 0 spiro atoms. The second kappa shape index (κ2) is 7.27. The summed E-state index contributed by atoms with van der Waals surface area (Å²) in [5, 5.41) is 12.8. The molecule has 0 radical (unpaired) electrons. The van der Waals surface area contributed by atoms with Gasteiger partial charge in [-0.1, -0.05) is 23.8 Å². The van der Waals surface area contributed by atoms with Crippen molar-refractivity contribution in [1.29, 1.82) is 0 Å². The van der Waals surface area contributed by atoms with E-state index in [-0.39, 0.29) is 5.69 Å². The van der Waals surface area contributed by atoms with Gasteiger partial charge in [-0.3, -0.25) is 10.1 Å². The van der Waals surface area contributed by atoms with Crippen LogP contribution in [0.1, 0.15) is 5.56 Å². The van der Waals surface area contributed by atoms with Gasteiger partial charge < -0.3 is 4.57 Å². The first-order chi connectivity index (χ1) is 12.1. The van der Waals surface area contributed by atoms with E-state index in [2.05, 4.69) is 11.1 Å². The summed E-state index contributed by atoms with van der Waals surface area (Å²) in [6, 6.07) is 14.6. The molecule has 6 heteroatoms. The Kier molecular flexibility index (Phi) is 4.90. The smallest absolute Gasteiger partial charge is 0.269 e. The van der Waals surface area contributed by atoms with Crippen LogP contribution in [0.4, 0.5) is 11.4 Å². The molecule has 0 aliphatic heterocycles. The Bertz CT molecular complexity index is 967. The third-order valence-corrected chi connectivity index (χ3v) is 4.61. The summed E-state index contributed by atoms with van der Waals surface area (Å²) in [5.74, 6) is 0. The number of aryl methyl sites for hydroxylation is 1. The quantitative estimate of drug-likeness (QED) is 0.375. The molecule has 0 saturated heterocycles. The number of rotatable bonds is 5. The maximum Gasteiger partial charge on any atom is 0.269 e. The zero-order chi connectivity index (χ0) is 17.8. The van der Waals surface area contributed by atoms with Crippen molar-refractivity contribution in [3.8, 4) is 11.3 Å². The molecule has 0 fully saturated rings. The molecule has 0 aliphatic carbocycles. The molecule has 0 amide bonds. The number of non-ortho nitro benzene ring substituents is 1. The second-order valence-corrected chi connectivity index (χ2v) is 6.39. The number of allylic oxidation sites excluding steroid dienone is 1. The number of aromatic nitrogens is 1. The van der Waals surface area contributed by atoms with Crippen LogP contribution in [0.15, 0.2) is 71.6 Å². The molecule has 0 bridgehead atoms. The Morgan fingerprint density at radius 3 is 2.48 bits per heavy atom. The first-order valence-corrected chi connectivity index (χ1v) is 8.62. The van der Waals surface area contributed by atoms with Crippen molar-refractivity contribution in [2.75, 3.05) is 0 Å². The van der Waals surface area contributed by atoms with Crippen LogP contribution in [0, 0.1) is 17.0 Å². The molecule has 5 nitrogen and oxygen atoms in total. The fourth-order valence-electron chi connectivity index (χ4n) is 2.44. The van der Waals surface area contributed by atoms with Crippen molar-refractivity contribution in [3.05, 3.63) is 87.0 Å². The Balaban J connectivity index is 2.06. The Morgan fingerprint density at radius 1 is 1.20 bits per heavy atom.